The van der Waals surface area contributed by atoms with Gasteiger partial charge in [-0.15, -0.1) is 0 Å². The molecule has 1 aromatic carbocycles. The summed E-state index contributed by atoms with van der Waals surface area (Å²) in [6, 6.07) is 3.01. The number of hydrogen-bond acceptors (Lipinski definition) is 4. The van der Waals surface area contributed by atoms with Crippen molar-refractivity contribution in [2.24, 2.45) is 0 Å². The highest BCUT2D eigenvalue weighted by Crippen LogP contribution is 2.30. The SMILES string of the molecule is COc1cc(Cl)cc(C(=O)OC(C)(C)C)c1N. The first kappa shape index (κ1) is 13.6. The fraction of sp³-hybridized carbons (Fsp3) is 0.417. The molecule has 0 bridgehead atoms. The van der Waals surface area contributed by atoms with Gasteiger partial charge in [0.25, 0.3) is 0 Å². The predicted octanol–water partition coefficient (Wildman–Crippen LogP) is 2.89. The lowest BCUT2D eigenvalue weighted by molar-refractivity contribution is 0.00705. The van der Waals surface area contributed by atoms with Crippen LogP contribution in [0.15, 0.2) is 12.1 Å². The number of benzene rings is 1. The van der Waals surface area contributed by atoms with Crippen LogP contribution in [0.2, 0.25) is 5.02 Å². The van der Waals surface area contributed by atoms with Gasteiger partial charge in [0.1, 0.15) is 11.4 Å². The van der Waals surface area contributed by atoms with Gasteiger partial charge in [0, 0.05) is 11.1 Å². The number of ether oxygens (including phenoxy) is 2. The van der Waals surface area contributed by atoms with Crippen LogP contribution in [0.1, 0.15) is 31.1 Å². The zero-order valence-corrected chi connectivity index (χ0v) is 11.1. The molecule has 0 amide bonds. The summed E-state index contributed by atoms with van der Waals surface area (Å²) in [5.74, 6) is -0.158. The summed E-state index contributed by atoms with van der Waals surface area (Å²) in [6.45, 7) is 5.34. The number of halogens is 1. The number of methoxy groups -OCH3 is 1. The minimum atomic E-state index is -0.584. The fourth-order valence-electron chi connectivity index (χ4n) is 1.26. The molecule has 4 nitrogen and oxygen atoms in total. The number of nitrogens with two attached hydrogens (primary N) is 1. The van der Waals surface area contributed by atoms with Crippen molar-refractivity contribution in [2.45, 2.75) is 26.4 Å². The smallest absolute Gasteiger partial charge is 0.340 e. The molecule has 0 aliphatic carbocycles. The van der Waals surface area contributed by atoms with Gasteiger partial charge >= 0.3 is 5.97 Å². The van der Waals surface area contributed by atoms with E-state index in [1.54, 1.807) is 26.8 Å². The van der Waals surface area contributed by atoms with Crippen LogP contribution in [0, 0.1) is 0 Å². The van der Waals surface area contributed by atoms with Gasteiger partial charge in [-0.3, -0.25) is 0 Å². The lowest BCUT2D eigenvalue weighted by Gasteiger charge is -2.20. The Labute approximate surface area is 106 Å². The molecule has 1 aromatic rings. The number of hydrogen-bond donors (Lipinski definition) is 1. The zero-order valence-electron chi connectivity index (χ0n) is 10.3. The van der Waals surface area contributed by atoms with E-state index >= 15 is 0 Å². The van der Waals surface area contributed by atoms with Crippen LogP contribution in [0.5, 0.6) is 5.75 Å². The predicted molar refractivity (Wildman–Crippen MR) is 67.6 cm³/mol. The lowest BCUT2D eigenvalue weighted by Crippen LogP contribution is -2.24. The van der Waals surface area contributed by atoms with Crippen molar-refractivity contribution in [3.8, 4) is 5.75 Å². The number of nitrogen functional groups attached to an aromatic ring is 1. The van der Waals surface area contributed by atoms with Gasteiger partial charge in [-0.2, -0.15) is 0 Å². The van der Waals surface area contributed by atoms with E-state index in [2.05, 4.69) is 0 Å². The highest BCUT2D eigenvalue weighted by Gasteiger charge is 2.21. The molecule has 0 unspecified atom stereocenters. The summed E-state index contributed by atoms with van der Waals surface area (Å²) in [7, 11) is 1.46. The number of carbonyl (C=O) groups excluding carboxylic acids is 1. The molecule has 0 aromatic heterocycles. The van der Waals surface area contributed by atoms with Gasteiger partial charge in [-0.05, 0) is 26.8 Å². The first-order chi connectivity index (χ1) is 7.74. The molecule has 0 aliphatic rings. The monoisotopic (exact) mass is 257 g/mol. The second-order valence-electron chi connectivity index (χ2n) is 4.57. The summed E-state index contributed by atoms with van der Waals surface area (Å²) >= 11 is 5.87. The van der Waals surface area contributed by atoms with Crippen LogP contribution >= 0.6 is 11.6 Å². The van der Waals surface area contributed by atoms with Crippen LogP contribution in [0.25, 0.3) is 0 Å². The maximum Gasteiger partial charge on any atom is 0.340 e. The number of carbonyl (C=O) groups is 1. The molecule has 0 spiro atoms. The van der Waals surface area contributed by atoms with Gasteiger partial charge in [-0.25, -0.2) is 4.79 Å². The summed E-state index contributed by atoms with van der Waals surface area (Å²) < 4.78 is 10.3. The van der Waals surface area contributed by atoms with Crippen molar-refractivity contribution in [2.75, 3.05) is 12.8 Å². The molecule has 0 saturated carbocycles. The molecule has 17 heavy (non-hydrogen) atoms. The normalized spacial score (nSPS) is 11.1. The van der Waals surface area contributed by atoms with Crippen molar-refractivity contribution in [1.82, 2.24) is 0 Å². The Hall–Kier alpha value is -1.42. The Morgan fingerprint density at radius 3 is 2.41 bits per heavy atom. The molecule has 0 fully saturated rings. The number of esters is 1. The van der Waals surface area contributed by atoms with E-state index < -0.39 is 11.6 Å². The quantitative estimate of drug-likeness (QED) is 0.654. The molecular formula is C12H16ClNO3. The second kappa shape index (κ2) is 4.84. The molecule has 5 heteroatoms. The Morgan fingerprint density at radius 1 is 1.35 bits per heavy atom. The van der Waals surface area contributed by atoms with Crippen molar-refractivity contribution >= 4 is 23.3 Å². The molecule has 0 heterocycles. The molecule has 1 rings (SSSR count). The van der Waals surface area contributed by atoms with Crippen LogP contribution in [-0.4, -0.2) is 18.7 Å². The van der Waals surface area contributed by atoms with Crippen molar-refractivity contribution in [1.29, 1.82) is 0 Å². The van der Waals surface area contributed by atoms with Crippen molar-refractivity contribution in [3.05, 3.63) is 22.7 Å². The summed E-state index contributed by atoms with van der Waals surface area (Å²) in [6.07, 6.45) is 0. The molecule has 94 valence electrons. The van der Waals surface area contributed by atoms with E-state index in [1.807, 2.05) is 0 Å². The fourth-order valence-corrected chi connectivity index (χ4v) is 1.47. The first-order valence-electron chi connectivity index (χ1n) is 5.11. The van der Waals surface area contributed by atoms with Gasteiger partial charge in [0.2, 0.25) is 0 Å². The summed E-state index contributed by atoms with van der Waals surface area (Å²) in [5, 5.41) is 0.372. The molecule has 0 radical (unpaired) electrons. The van der Waals surface area contributed by atoms with Gasteiger partial charge in [0.05, 0.1) is 18.4 Å². The summed E-state index contributed by atoms with van der Waals surface area (Å²) in [4.78, 5) is 11.9. The van der Waals surface area contributed by atoms with Gasteiger partial charge < -0.3 is 15.2 Å². The highest BCUT2D eigenvalue weighted by molar-refractivity contribution is 6.31. The minimum absolute atomic E-state index is 0.212. The Morgan fingerprint density at radius 2 is 1.94 bits per heavy atom. The first-order valence-corrected chi connectivity index (χ1v) is 5.49. The van der Waals surface area contributed by atoms with Crippen LogP contribution < -0.4 is 10.5 Å². The number of rotatable bonds is 2. The maximum absolute atomic E-state index is 11.9. The van der Waals surface area contributed by atoms with Gasteiger partial charge in [0.15, 0.2) is 0 Å². The van der Waals surface area contributed by atoms with E-state index in [0.717, 1.165) is 0 Å². The average Bonchev–Trinajstić information content (AvgIpc) is 2.18. The zero-order chi connectivity index (χ0) is 13.2. The third-order valence-corrected chi connectivity index (χ3v) is 2.16. The van der Waals surface area contributed by atoms with E-state index in [-0.39, 0.29) is 11.3 Å². The van der Waals surface area contributed by atoms with E-state index in [9.17, 15) is 4.79 Å². The van der Waals surface area contributed by atoms with Crippen LogP contribution in [0.4, 0.5) is 5.69 Å². The van der Waals surface area contributed by atoms with Crippen LogP contribution in [0.3, 0.4) is 0 Å². The topological polar surface area (TPSA) is 61.5 Å². The highest BCUT2D eigenvalue weighted by atomic mass is 35.5. The Bertz CT molecular complexity index is 438. The largest absolute Gasteiger partial charge is 0.495 e. The minimum Gasteiger partial charge on any atom is -0.495 e. The molecule has 0 atom stereocenters. The molecule has 2 N–H and O–H groups in total. The van der Waals surface area contributed by atoms with E-state index in [0.29, 0.717) is 10.8 Å². The number of anilines is 1. The lowest BCUT2D eigenvalue weighted by atomic mass is 10.1. The Balaban J connectivity index is 3.14. The molecule has 0 aliphatic heterocycles. The van der Waals surface area contributed by atoms with Crippen molar-refractivity contribution < 1.29 is 14.3 Å². The van der Waals surface area contributed by atoms with Crippen molar-refractivity contribution in [3.63, 3.8) is 0 Å². The third kappa shape index (κ3) is 3.53. The summed E-state index contributed by atoms with van der Waals surface area (Å²) in [5.41, 5.74) is 5.65. The van der Waals surface area contributed by atoms with E-state index in [1.165, 1.54) is 13.2 Å². The van der Waals surface area contributed by atoms with Gasteiger partial charge in [-0.1, -0.05) is 11.6 Å². The maximum atomic E-state index is 11.9. The molecular weight excluding hydrogens is 242 g/mol. The van der Waals surface area contributed by atoms with E-state index in [4.69, 9.17) is 26.8 Å². The molecule has 0 saturated heterocycles. The van der Waals surface area contributed by atoms with Crippen LogP contribution in [-0.2, 0) is 4.74 Å². The third-order valence-electron chi connectivity index (χ3n) is 1.95. The average molecular weight is 258 g/mol. The Kier molecular flexibility index (Phi) is 3.88. The second-order valence-corrected chi connectivity index (χ2v) is 5.01. The standard InChI is InChI=1S/C12H16ClNO3/c1-12(2,3)17-11(15)8-5-7(13)6-9(16-4)10(8)14/h5-6H,14H2,1-4H3.